The number of methoxy groups -OCH3 is 1. The zero-order chi connectivity index (χ0) is 29.1. The summed E-state index contributed by atoms with van der Waals surface area (Å²) in [4.78, 5) is 40.3. The monoisotopic (exact) mass is 565 g/mol. The van der Waals surface area contributed by atoms with Gasteiger partial charge in [-0.15, -0.1) is 0 Å². The molecule has 4 heterocycles. The average molecular weight is 566 g/mol. The minimum absolute atomic E-state index is 0.143. The minimum atomic E-state index is -4.56. The molecule has 3 aromatic heterocycles. The second-order valence-electron chi connectivity index (χ2n) is 9.36. The molecule has 5 rings (SSSR count). The van der Waals surface area contributed by atoms with Crippen LogP contribution in [0.1, 0.15) is 40.6 Å². The smallest absolute Gasteiger partial charge is 0.382 e. The molecule has 0 bridgehead atoms. The number of benzene rings is 1. The number of carbonyl (C=O) groups is 2. The van der Waals surface area contributed by atoms with Gasteiger partial charge in [-0.25, -0.2) is 15.0 Å². The summed E-state index contributed by atoms with van der Waals surface area (Å²) < 4.78 is 45.8. The Labute approximate surface area is 232 Å². The quantitative estimate of drug-likeness (QED) is 0.316. The fraction of sp³-hybridized carbons (Fsp3) is 0.250. The molecule has 1 fully saturated rings. The van der Waals surface area contributed by atoms with Crippen molar-refractivity contribution < 1.29 is 27.5 Å². The van der Waals surface area contributed by atoms with E-state index in [1.807, 2.05) is 4.40 Å². The molecule has 2 amide bonds. The molecule has 13 heteroatoms. The average Bonchev–Trinajstić information content (AvgIpc) is 3.59. The maximum atomic E-state index is 13.0. The van der Waals surface area contributed by atoms with Gasteiger partial charge in [-0.3, -0.25) is 14.0 Å². The number of alkyl halides is 3. The summed E-state index contributed by atoms with van der Waals surface area (Å²) in [7, 11) is 1.55. The number of rotatable bonds is 7. The molecule has 0 radical (unpaired) electrons. The molecule has 10 nitrogen and oxygen atoms in total. The summed E-state index contributed by atoms with van der Waals surface area (Å²) in [6.45, 7) is 0.906. The Morgan fingerprint density at radius 1 is 1.17 bits per heavy atom. The molecule has 3 N–H and O–H groups in total. The highest BCUT2D eigenvalue weighted by Crippen LogP contribution is 2.36. The molecule has 1 aliphatic heterocycles. The van der Waals surface area contributed by atoms with Crippen molar-refractivity contribution in [2.75, 3.05) is 31.3 Å². The summed E-state index contributed by atoms with van der Waals surface area (Å²) in [5.41, 5.74) is 7.26. The number of halogens is 3. The van der Waals surface area contributed by atoms with Crippen LogP contribution in [0.2, 0.25) is 0 Å². The topological polar surface area (TPSA) is 128 Å². The summed E-state index contributed by atoms with van der Waals surface area (Å²) in [5, 5.41) is 2.39. The van der Waals surface area contributed by atoms with Crippen LogP contribution in [-0.4, -0.2) is 56.3 Å². The van der Waals surface area contributed by atoms with Crippen LogP contribution >= 0.6 is 0 Å². The molecule has 212 valence electrons. The Kier molecular flexibility index (Phi) is 7.70. The molecule has 0 aliphatic carbocycles. The lowest BCUT2D eigenvalue weighted by molar-refractivity contribution is -0.137. The molecular formula is C28H26F3N7O3. The third kappa shape index (κ3) is 5.75. The van der Waals surface area contributed by atoms with Crippen LogP contribution in [0.25, 0.3) is 16.8 Å². The van der Waals surface area contributed by atoms with Gasteiger partial charge in [0, 0.05) is 49.4 Å². The van der Waals surface area contributed by atoms with Gasteiger partial charge >= 0.3 is 6.18 Å². The number of aromatic nitrogens is 4. The Morgan fingerprint density at radius 2 is 1.95 bits per heavy atom. The predicted octanol–water partition coefficient (Wildman–Crippen LogP) is 4.51. The molecule has 1 aliphatic rings. The number of fused-ring (bicyclic) bond motifs is 1. The second-order valence-corrected chi connectivity index (χ2v) is 9.36. The predicted molar refractivity (Wildman–Crippen MR) is 145 cm³/mol. The molecular weight excluding hydrogens is 539 g/mol. The van der Waals surface area contributed by atoms with E-state index >= 15 is 0 Å². The fourth-order valence-corrected chi connectivity index (χ4v) is 4.81. The SMILES string of the molecule is COC/C=C/C(=O)N1CCCC1c1nc(-c2ccc(C(=O)Nc3cc(C(F)(F)F)ccn3)cc2)c2c(N)nccn12. The number of nitrogens with one attached hydrogen (secondary N) is 1. The third-order valence-electron chi connectivity index (χ3n) is 6.72. The van der Waals surface area contributed by atoms with E-state index < -0.39 is 17.6 Å². The maximum absolute atomic E-state index is 13.0. The lowest BCUT2D eigenvalue weighted by atomic mass is 10.1. The van der Waals surface area contributed by atoms with Gasteiger partial charge in [0.05, 0.1) is 18.2 Å². The standard InChI is InChI=1S/C28H26F3N7O3/c1-41-15-3-5-22(39)37-13-2-4-20(37)26-36-23(24-25(32)34-12-14-38(24)26)17-6-8-18(9-7-17)27(40)35-21-16-19(10-11-33-21)28(29,30)31/h3,5-12,14,16,20H,2,4,13,15H2,1H3,(H2,32,34)(H,33,35,40)/b5-3+. The van der Waals surface area contributed by atoms with Crippen molar-refractivity contribution in [3.63, 3.8) is 0 Å². The summed E-state index contributed by atoms with van der Waals surface area (Å²) in [6, 6.07) is 7.70. The molecule has 4 aromatic rings. The number of amides is 2. The third-order valence-corrected chi connectivity index (χ3v) is 6.72. The first-order valence-corrected chi connectivity index (χ1v) is 12.7. The number of nitrogens with two attached hydrogens (primary N) is 1. The van der Waals surface area contributed by atoms with Gasteiger partial charge in [0.2, 0.25) is 5.91 Å². The van der Waals surface area contributed by atoms with Gasteiger partial charge in [-0.2, -0.15) is 13.2 Å². The molecule has 0 spiro atoms. The summed E-state index contributed by atoms with van der Waals surface area (Å²) in [6.07, 6.45) is 4.40. The number of likely N-dealkylation sites (tertiary alicyclic amines) is 1. The number of pyridine rings is 1. The number of hydrogen-bond donors (Lipinski definition) is 2. The van der Waals surface area contributed by atoms with E-state index in [9.17, 15) is 22.8 Å². The van der Waals surface area contributed by atoms with E-state index in [0.29, 0.717) is 42.2 Å². The molecule has 1 saturated heterocycles. The summed E-state index contributed by atoms with van der Waals surface area (Å²) >= 11 is 0. The number of hydrogen-bond acceptors (Lipinski definition) is 7. The first-order chi connectivity index (χ1) is 19.7. The number of nitrogens with zero attached hydrogens (tertiary/aromatic N) is 5. The van der Waals surface area contributed by atoms with Crippen molar-refractivity contribution in [3.8, 4) is 11.3 Å². The van der Waals surface area contributed by atoms with E-state index in [2.05, 4.69) is 15.3 Å². The van der Waals surface area contributed by atoms with Crippen molar-refractivity contribution >= 4 is 29.0 Å². The maximum Gasteiger partial charge on any atom is 0.416 e. The van der Waals surface area contributed by atoms with Gasteiger partial charge in [0.25, 0.3) is 5.91 Å². The van der Waals surface area contributed by atoms with Crippen molar-refractivity contribution in [3.05, 3.63) is 84.1 Å². The Morgan fingerprint density at radius 3 is 2.68 bits per heavy atom. The normalized spacial score (nSPS) is 15.6. The van der Waals surface area contributed by atoms with E-state index in [1.165, 1.54) is 18.2 Å². The Balaban J connectivity index is 1.43. The molecule has 1 atom stereocenters. The van der Waals surface area contributed by atoms with Crippen LogP contribution in [0, 0.1) is 0 Å². The van der Waals surface area contributed by atoms with Gasteiger partial charge in [-0.1, -0.05) is 18.2 Å². The van der Waals surface area contributed by atoms with Gasteiger partial charge in [-0.05, 0) is 37.1 Å². The number of imidazole rings is 1. The number of carbonyl (C=O) groups excluding carboxylic acids is 2. The zero-order valence-electron chi connectivity index (χ0n) is 21.9. The van der Waals surface area contributed by atoms with Gasteiger partial charge in [0.15, 0.2) is 0 Å². The number of ether oxygens (including phenoxy) is 1. The highest BCUT2D eigenvalue weighted by Gasteiger charge is 2.33. The fourth-order valence-electron chi connectivity index (χ4n) is 4.81. The Bertz CT molecular complexity index is 1620. The van der Waals surface area contributed by atoms with Crippen LogP contribution in [-0.2, 0) is 15.7 Å². The van der Waals surface area contributed by atoms with Crippen LogP contribution in [0.15, 0.2) is 67.1 Å². The first-order valence-electron chi connectivity index (χ1n) is 12.7. The second kappa shape index (κ2) is 11.4. The van der Waals surface area contributed by atoms with Crippen LogP contribution < -0.4 is 11.1 Å². The van der Waals surface area contributed by atoms with Crippen LogP contribution in [0.5, 0.6) is 0 Å². The molecule has 1 unspecified atom stereocenters. The zero-order valence-corrected chi connectivity index (χ0v) is 21.9. The summed E-state index contributed by atoms with van der Waals surface area (Å²) in [5.74, 6) is -0.107. The van der Waals surface area contributed by atoms with Gasteiger partial charge in [0.1, 0.15) is 28.7 Å². The largest absolute Gasteiger partial charge is 0.416 e. The molecule has 1 aromatic carbocycles. The minimum Gasteiger partial charge on any atom is -0.382 e. The molecule has 41 heavy (non-hydrogen) atoms. The number of nitrogen functional groups attached to an aromatic ring is 1. The van der Waals surface area contributed by atoms with Crippen molar-refractivity contribution in [2.24, 2.45) is 0 Å². The highest BCUT2D eigenvalue weighted by molar-refractivity contribution is 6.04. The van der Waals surface area contributed by atoms with E-state index in [0.717, 1.165) is 24.8 Å². The van der Waals surface area contributed by atoms with E-state index in [4.69, 9.17) is 15.5 Å². The molecule has 0 saturated carbocycles. The lowest BCUT2D eigenvalue weighted by Gasteiger charge is -2.22. The van der Waals surface area contributed by atoms with Crippen LogP contribution in [0.4, 0.5) is 24.8 Å². The first kappa shape index (κ1) is 27.8. The highest BCUT2D eigenvalue weighted by atomic mass is 19.4. The van der Waals surface area contributed by atoms with Crippen molar-refractivity contribution in [2.45, 2.75) is 25.1 Å². The van der Waals surface area contributed by atoms with Crippen LogP contribution in [0.3, 0.4) is 0 Å². The lowest BCUT2D eigenvalue weighted by Crippen LogP contribution is -2.30. The van der Waals surface area contributed by atoms with Crippen molar-refractivity contribution in [1.29, 1.82) is 0 Å². The van der Waals surface area contributed by atoms with Gasteiger partial charge < -0.3 is 20.7 Å². The number of anilines is 2. The van der Waals surface area contributed by atoms with Crippen molar-refractivity contribution in [1.82, 2.24) is 24.3 Å². The Hall–Kier alpha value is -4.78. The van der Waals surface area contributed by atoms with E-state index in [-0.39, 0.29) is 29.1 Å². The van der Waals surface area contributed by atoms with E-state index in [1.54, 1.807) is 42.6 Å².